The van der Waals surface area contributed by atoms with E-state index in [9.17, 15) is 0 Å². The highest BCUT2D eigenvalue weighted by Gasteiger charge is 2.13. The minimum Gasteiger partial charge on any atom is -0.385 e. The normalized spacial score (nSPS) is 16.7. The molecule has 16 heavy (non-hydrogen) atoms. The summed E-state index contributed by atoms with van der Waals surface area (Å²) in [5, 5.41) is 12.2. The molecule has 1 aliphatic heterocycles. The van der Waals surface area contributed by atoms with Crippen molar-refractivity contribution in [3.63, 3.8) is 0 Å². The summed E-state index contributed by atoms with van der Waals surface area (Å²) in [6.07, 6.45) is 2.26. The molecule has 0 unspecified atom stereocenters. The molecule has 1 heterocycles. The number of nitrogens with zero attached hydrogens (tertiary/aromatic N) is 1. The van der Waals surface area contributed by atoms with Crippen LogP contribution in [-0.4, -0.2) is 19.8 Å². The fourth-order valence-corrected chi connectivity index (χ4v) is 1.91. The molecule has 0 spiro atoms. The fraction of sp³-hybridized carbons (Fsp3) is 0.462. The second-order valence-corrected chi connectivity index (χ2v) is 4.13. The molecule has 1 N–H and O–H groups in total. The summed E-state index contributed by atoms with van der Waals surface area (Å²) in [5.74, 6) is 0.694. The predicted octanol–water partition coefficient (Wildman–Crippen LogP) is 2.40. The monoisotopic (exact) mass is 216 g/mol. The van der Waals surface area contributed by atoms with Crippen molar-refractivity contribution in [3.8, 4) is 6.07 Å². The van der Waals surface area contributed by atoms with Gasteiger partial charge >= 0.3 is 0 Å². The van der Waals surface area contributed by atoms with Crippen LogP contribution in [0.5, 0.6) is 0 Å². The van der Waals surface area contributed by atoms with Crippen LogP contribution >= 0.6 is 0 Å². The van der Waals surface area contributed by atoms with Crippen LogP contribution in [0.3, 0.4) is 0 Å². The molecule has 1 saturated heterocycles. The zero-order chi connectivity index (χ0) is 11.2. The van der Waals surface area contributed by atoms with Gasteiger partial charge in [0.1, 0.15) is 0 Å². The van der Waals surface area contributed by atoms with Gasteiger partial charge in [0, 0.05) is 25.4 Å². The lowest BCUT2D eigenvalue weighted by Gasteiger charge is -2.22. The summed E-state index contributed by atoms with van der Waals surface area (Å²) in [6.45, 7) is 2.73. The molecule has 0 radical (unpaired) electrons. The molecule has 0 bridgehead atoms. The van der Waals surface area contributed by atoms with Crippen LogP contribution in [0.15, 0.2) is 24.3 Å². The standard InChI is InChI=1S/C13H16N2O/c14-9-12-2-1-3-13(8-12)15-10-11-4-6-16-7-5-11/h1-3,8,11,15H,4-7,10H2. The molecule has 0 saturated carbocycles. The van der Waals surface area contributed by atoms with Crippen molar-refractivity contribution in [2.45, 2.75) is 12.8 Å². The van der Waals surface area contributed by atoms with E-state index < -0.39 is 0 Å². The lowest BCUT2D eigenvalue weighted by molar-refractivity contribution is 0.0699. The van der Waals surface area contributed by atoms with Crippen molar-refractivity contribution in [1.29, 1.82) is 5.26 Å². The molecule has 1 aromatic carbocycles. The quantitative estimate of drug-likeness (QED) is 0.843. The Labute approximate surface area is 96.0 Å². The van der Waals surface area contributed by atoms with E-state index in [-0.39, 0.29) is 0 Å². The van der Waals surface area contributed by atoms with Gasteiger partial charge in [0.15, 0.2) is 0 Å². The van der Waals surface area contributed by atoms with Gasteiger partial charge in [0.25, 0.3) is 0 Å². The summed E-state index contributed by atoms with van der Waals surface area (Å²) in [7, 11) is 0. The molecule has 3 heteroatoms. The number of hydrogen-bond donors (Lipinski definition) is 1. The summed E-state index contributed by atoms with van der Waals surface area (Å²) in [5.41, 5.74) is 1.74. The molecule has 84 valence electrons. The highest BCUT2D eigenvalue weighted by atomic mass is 16.5. The second-order valence-electron chi connectivity index (χ2n) is 4.13. The lowest BCUT2D eigenvalue weighted by Crippen LogP contribution is -2.22. The lowest BCUT2D eigenvalue weighted by atomic mass is 10.0. The van der Waals surface area contributed by atoms with Crippen molar-refractivity contribution in [3.05, 3.63) is 29.8 Å². The minimum absolute atomic E-state index is 0.694. The van der Waals surface area contributed by atoms with E-state index in [4.69, 9.17) is 10.00 Å². The topological polar surface area (TPSA) is 45.0 Å². The fourth-order valence-electron chi connectivity index (χ4n) is 1.91. The molecule has 2 rings (SSSR count). The summed E-state index contributed by atoms with van der Waals surface area (Å²) in [4.78, 5) is 0. The van der Waals surface area contributed by atoms with E-state index in [0.29, 0.717) is 11.5 Å². The largest absolute Gasteiger partial charge is 0.385 e. The summed E-state index contributed by atoms with van der Waals surface area (Å²) >= 11 is 0. The van der Waals surface area contributed by atoms with Gasteiger partial charge in [-0.1, -0.05) is 6.07 Å². The van der Waals surface area contributed by atoms with Gasteiger partial charge in [0.05, 0.1) is 11.6 Å². The Balaban J connectivity index is 1.86. The Bertz CT molecular complexity index is 378. The number of anilines is 1. The maximum atomic E-state index is 8.78. The zero-order valence-electron chi connectivity index (χ0n) is 9.28. The number of hydrogen-bond acceptors (Lipinski definition) is 3. The molecule has 0 amide bonds. The third-order valence-corrected chi connectivity index (χ3v) is 2.93. The first kappa shape index (κ1) is 11.0. The first-order chi connectivity index (χ1) is 7.88. The van der Waals surface area contributed by atoms with Crippen LogP contribution in [0.1, 0.15) is 18.4 Å². The molecule has 1 aliphatic rings. The molecular weight excluding hydrogens is 200 g/mol. The Hall–Kier alpha value is -1.53. The van der Waals surface area contributed by atoms with Crippen molar-refractivity contribution in [1.82, 2.24) is 0 Å². The Morgan fingerprint density at radius 2 is 2.19 bits per heavy atom. The van der Waals surface area contributed by atoms with Gasteiger partial charge in [-0.25, -0.2) is 0 Å². The van der Waals surface area contributed by atoms with E-state index in [0.717, 1.165) is 38.3 Å². The van der Waals surface area contributed by atoms with Crippen LogP contribution in [-0.2, 0) is 4.74 Å². The van der Waals surface area contributed by atoms with Gasteiger partial charge in [-0.05, 0) is 37.0 Å². The average Bonchev–Trinajstić information content (AvgIpc) is 2.38. The summed E-state index contributed by atoms with van der Waals surface area (Å²) < 4.78 is 5.32. The maximum Gasteiger partial charge on any atom is 0.0992 e. The number of nitriles is 1. The van der Waals surface area contributed by atoms with Gasteiger partial charge < -0.3 is 10.1 Å². The van der Waals surface area contributed by atoms with Crippen LogP contribution in [0.25, 0.3) is 0 Å². The Morgan fingerprint density at radius 3 is 2.94 bits per heavy atom. The van der Waals surface area contributed by atoms with E-state index >= 15 is 0 Å². The third kappa shape index (κ3) is 2.98. The Kier molecular flexibility index (Phi) is 3.79. The molecular formula is C13H16N2O. The Morgan fingerprint density at radius 1 is 1.38 bits per heavy atom. The number of nitrogens with one attached hydrogen (secondary N) is 1. The SMILES string of the molecule is N#Cc1cccc(NCC2CCOCC2)c1. The van der Waals surface area contributed by atoms with Crippen molar-refractivity contribution < 1.29 is 4.74 Å². The van der Waals surface area contributed by atoms with Gasteiger partial charge in [0.2, 0.25) is 0 Å². The molecule has 0 aromatic heterocycles. The molecule has 1 aromatic rings. The highest BCUT2D eigenvalue weighted by molar-refractivity contribution is 5.49. The smallest absolute Gasteiger partial charge is 0.0992 e. The van der Waals surface area contributed by atoms with Gasteiger partial charge in [-0.2, -0.15) is 5.26 Å². The number of ether oxygens (including phenoxy) is 1. The van der Waals surface area contributed by atoms with Crippen LogP contribution in [0.2, 0.25) is 0 Å². The zero-order valence-corrected chi connectivity index (χ0v) is 9.28. The molecule has 3 nitrogen and oxygen atoms in total. The third-order valence-electron chi connectivity index (χ3n) is 2.93. The van der Waals surface area contributed by atoms with Crippen molar-refractivity contribution in [2.24, 2.45) is 5.92 Å². The minimum atomic E-state index is 0.694. The van der Waals surface area contributed by atoms with Crippen molar-refractivity contribution in [2.75, 3.05) is 25.1 Å². The first-order valence-corrected chi connectivity index (χ1v) is 5.70. The van der Waals surface area contributed by atoms with E-state index in [2.05, 4.69) is 11.4 Å². The van der Waals surface area contributed by atoms with Crippen LogP contribution < -0.4 is 5.32 Å². The molecule has 0 atom stereocenters. The van der Waals surface area contributed by atoms with E-state index in [1.54, 1.807) is 0 Å². The second kappa shape index (κ2) is 5.53. The van der Waals surface area contributed by atoms with Crippen LogP contribution in [0.4, 0.5) is 5.69 Å². The number of rotatable bonds is 3. The highest BCUT2D eigenvalue weighted by Crippen LogP contribution is 2.16. The molecule has 1 fully saturated rings. The van der Waals surface area contributed by atoms with E-state index in [1.165, 1.54) is 0 Å². The first-order valence-electron chi connectivity index (χ1n) is 5.70. The van der Waals surface area contributed by atoms with E-state index in [1.807, 2.05) is 24.3 Å². The molecule has 0 aliphatic carbocycles. The van der Waals surface area contributed by atoms with Gasteiger partial charge in [-0.15, -0.1) is 0 Å². The van der Waals surface area contributed by atoms with Gasteiger partial charge in [-0.3, -0.25) is 0 Å². The summed E-state index contributed by atoms with van der Waals surface area (Å²) in [6, 6.07) is 9.76. The van der Waals surface area contributed by atoms with Crippen molar-refractivity contribution >= 4 is 5.69 Å². The maximum absolute atomic E-state index is 8.78. The predicted molar refractivity (Wildman–Crippen MR) is 63.2 cm³/mol. The average molecular weight is 216 g/mol. The number of benzene rings is 1. The van der Waals surface area contributed by atoms with Crippen LogP contribution in [0, 0.1) is 17.2 Å².